The van der Waals surface area contributed by atoms with Gasteiger partial charge in [-0.3, -0.25) is 0 Å². The van der Waals surface area contributed by atoms with Crippen LogP contribution in [0.1, 0.15) is 12.0 Å². The quantitative estimate of drug-likeness (QED) is 0.882. The molecule has 106 valence electrons. The first kappa shape index (κ1) is 14.4. The molecule has 1 heterocycles. The van der Waals surface area contributed by atoms with Crippen LogP contribution in [-0.2, 0) is 20.8 Å². The van der Waals surface area contributed by atoms with Crippen LogP contribution in [0.3, 0.4) is 0 Å². The lowest BCUT2D eigenvalue weighted by Gasteiger charge is -2.37. The number of hydrogen-bond acceptors (Lipinski definition) is 4. The molecule has 0 aliphatic carbocycles. The van der Waals surface area contributed by atoms with Gasteiger partial charge in [-0.25, -0.2) is 4.39 Å². The Morgan fingerprint density at radius 2 is 2.11 bits per heavy atom. The number of alkyl halides is 1. The van der Waals surface area contributed by atoms with Gasteiger partial charge in [0.1, 0.15) is 18.4 Å². The van der Waals surface area contributed by atoms with Crippen LogP contribution in [0.15, 0.2) is 30.3 Å². The van der Waals surface area contributed by atoms with Gasteiger partial charge in [-0.15, -0.1) is 0 Å². The highest BCUT2D eigenvalue weighted by Gasteiger charge is 2.39. The van der Waals surface area contributed by atoms with E-state index in [4.69, 9.17) is 19.9 Å². The lowest BCUT2D eigenvalue weighted by Crippen LogP contribution is -2.51. The van der Waals surface area contributed by atoms with Crippen molar-refractivity contribution in [3.05, 3.63) is 35.9 Å². The van der Waals surface area contributed by atoms with Gasteiger partial charge in [0.15, 0.2) is 6.29 Å². The maximum absolute atomic E-state index is 13.9. The Morgan fingerprint density at radius 3 is 2.74 bits per heavy atom. The molecule has 0 radical (unpaired) electrons. The normalized spacial score (nSPS) is 31.3. The minimum Gasteiger partial charge on any atom is -0.376 e. The Hall–Kier alpha value is -1.01. The van der Waals surface area contributed by atoms with Gasteiger partial charge in [-0.05, 0) is 5.56 Å². The largest absolute Gasteiger partial charge is 0.376 e. The van der Waals surface area contributed by atoms with Gasteiger partial charge < -0.3 is 19.9 Å². The van der Waals surface area contributed by atoms with Crippen LogP contribution in [0.5, 0.6) is 0 Å². The molecule has 2 N–H and O–H groups in total. The zero-order valence-electron chi connectivity index (χ0n) is 11.0. The predicted octanol–water partition coefficient (Wildman–Crippen LogP) is 1.63. The van der Waals surface area contributed by atoms with E-state index in [2.05, 4.69) is 0 Å². The van der Waals surface area contributed by atoms with E-state index in [1.807, 2.05) is 30.3 Å². The van der Waals surface area contributed by atoms with Crippen LogP contribution < -0.4 is 5.73 Å². The van der Waals surface area contributed by atoms with Gasteiger partial charge in [0.05, 0.1) is 6.61 Å². The first-order chi connectivity index (χ1) is 9.24. The topological polar surface area (TPSA) is 53.7 Å². The molecule has 5 heteroatoms. The summed E-state index contributed by atoms with van der Waals surface area (Å²) < 4.78 is 30.2. The molecule has 1 saturated heterocycles. The Morgan fingerprint density at radius 1 is 1.37 bits per heavy atom. The van der Waals surface area contributed by atoms with Crippen molar-refractivity contribution in [1.82, 2.24) is 0 Å². The van der Waals surface area contributed by atoms with Crippen molar-refractivity contribution in [3.63, 3.8) is 0 Å². The molecule has 4 atom stereocenters. The minimum absolute atomic E-state index is 0.168. The van der Waals surface area contributed by atoms with Gasteiger partial charge in [-0.1, -0.05) is 30.3 Å². The molecule has 0 spiro atoms. The molecule has 19 heavy (non-hydrogen) atoms. The average molecular weight is 269 g/mol. The van der Waals surface area contributed by atoms with Crippen molar-refractivity contribution in [2.45, 2.75) is 37.7 Å². The fourth-order valence-electron chi connectivity index (χ4n) is 2.24. The maximum Gasteiger partial charge on any atom is 0.161 e. The summed E-state index contributed by atoms with van der Waals surface area (Å²) in [5, 5.41) is 0. The Balaban J connectivity index is 1.88. The van der Waals surface area contributed by atoms with Crippen molar-refractivity contribution in [1.29, 1.82) is 0 Å². The second kappa shape index (κ2) is 6.96. The SMILES string of the molecule is COC1C(F)CC(OCc2ccccc2)OC1CN. The van der Waals surface area contributed by atoms with E-state index in [0.717, 1.165) is 5.56 Å². The Bertz CT molecular complexity index is 376. The number of hydrogen-bond donors (Lipinski definition) is 1. The third kappa shape index (κ3) is 3.73. The number of methoxy groups -OCH3 is 1. The number of ether oxygens (including phenoxy) is 3. The van der Waals surface area contributed by atoms with Crippen molar-refractivity contribution in [2.24, 2.45) is 5.73 Å². The number of nitrogens with two attached hydrogens (primary N) is 1. The molecule has 0 bridgehead atoms. The average Bonchev–Trinajstić information content (AvgIpc) is 2.45. The molecular weight excluding hydrogens is 249 g/mol. The smallest absolute Gasteiger partial charge is 0.161 e. The van der Waals surface area contributed by atoms with Gasteiger partial charge >= 0.3 is 0 Å². The molecule has 1 aliphatic heterocycles. The first-order valence-corrected chi connectivity index (χ1v) is 6.42. The lowest BCUT2D eigenvalue weighted by molar-refractivity contribution is -0.246. The number of rotatable bonds is 5. The van der Waals surface area contributed by atoms with Crippen LogP contribution in [-0.4, -0.2) is 38.3 Å². The van der Waals surface area contributed by atoms with E-state index in [0.29, 0.717) is 6.61 Å². The third-order valence-corrected chi connectivity index (χ3v) is 3.25. The predicted molar refractivity (Wildman–Crippen MR) is 69.3 cm³/mol. The molecule has 0 saturated carbocycles. The van der Waals surface area contributed by atoms with Gasteiger partial charge in [0.2, 0.25) is 0 Å². The molecule has 2 rings (SSSR count). The summed E-state index contributed by atoms with van der Waals surface area (Å²) in [7, 11) is 1.47. The van der Waals surface area contributed by atoms with Crippen LogP contribution in [0.2, 0.25) is 0 Å². The van der Waals surface area contributed by atoms with Gasteiger partial charge in [-0.2, -0.15) is 0 Å². The monoisotopic (exact) mass is 269 g/mol. The number of halogens is 1. The van der Waals surface area contributed by atoms with Crippen LogP contribution in [0.4, 0.5) is 4.39 Å². The third-order valence-electron chi connectivity index (χ3n) is 3.25. The molecule has 1 aromatic carbocycles. The molecule has 0 amide bonds. The van der Waals surface area contributed by atoms with Crippen molar-refractivity contribution in [3.8, 4) is 0 Å². The second-order valence-electron chi connectivity index (χ2n) is 4.59. The molecule has 1 fully saturated rings. The zero-order chi connectivity index (χ0) is 13.7. The highest BCUT2D eigenvalue weighted by Crippen LogP contribution is 2.25. The summed E-state index contributed by atoms with van der Waals surface area (Å²) >= 11 is 0. The zero-order valence-corrected chi connectivity index (χ0v) is 11.0. The summed E-state index contributed by atoms with van der Waals surface area (Å²) in [6.45, 7) is 0.608. The van der Waals surface area contributed by atoms with E-state index in [1.165, 1.54) is 7.11 Å². The van der Waals surface area contributed by atoms with E-state index in [9.17, 15) is 4.39 Å². The second-order valence-corrected chi connectivity index (χ2v) is 4.59. The lowest BCUT2D eigenvalue weighted by atomic mass is 10.0. The molecule has 0 aromatic heterocycles. The molecule has 1 aromatic rings. The highest BCUT2D eigenvalue weighted by atomic mass is 19.1. The van der Waals surface area contributed by atoms with Crippen molar-refractivity contribution in [2.75, 3.05) is 13.7 Å². The summed E-state index contributed by atoms with van der Waals surface area (Å²) in [6.07, 6.45) is -2.60. The maximum atomic E-state index is 13.9. The van der Waals surface area contributed by atoms with E-state index >= 15 is 0 Å². The van der Waals surface area contributed by atoms with Crippen LogP contribution in [0, 0.1) is 0 Å². The van der Waals surface area contributed by atoms with Gasteiger partial charge in [0, 0.05) is 20.1 Å². The molecular formula is C14H20FNO3. The summed E-state index contributed by atoms with van der Waals surface area (Å²) in [5.74, 6) is 0. The standard InChI is InChI=1S/C14H20FNO3/c1-17-14-11(15)7-13(19-12(14)8-16)18-9-10-5-3-2-4-6-10/h2-6,11-14H,7-9,16H2,1H3. The van der Waals surface area contributed by atoms with Crippen molar-refractivity contribution >= 4 is 0 Å². The van der Waals surface area contributed by atoms with Gasteiger partial charge in [0.25, 0.3) is 0 Å². The van der Waals surface area contributed by atoms with E-state index in [1.54, 1.807) is 0 Å². The fourth-order valence-corrected chi connectivity index (χ4v) is 2.24. The van der Waals surface area contributed by atoms with Crippen LogP contribution >= 0.6 is 0 Å². The minimum atomic E-state index is -1.12. The highest BCUT2D eigenvalue weighted by molar-refractivity contribution is 5.13. The van der Waals surface area contributed by atoms with E-state index in [-0.39, 0.29) is 13.0 Å². The molecule has 1 aliphatic rings. The van der Waals surface area contributed by atoms with E-state index < -0.39 is 24.7 Å². The van der Waals surface area contributed by atoms with Crippen molar-refractivity contribution < 1.29 is 18.6 Å². The summed E-state index contributed by atoms with van der Waals surface area (Å²) in [6, 6.07) is 9.71. The Kier molecular flexibility index (Phi) is 5.27. The molecule has 4 unspecified atom stereocenters. The summed E-state index contributed by atoms with van der Waals surface area (Å²) in [5.41, 5.74) is 6.60. The first-order valence-electron chi connectivity index (χ1n) is 6.42. The molecule has 4 nitrogen and oxygen atoms in total. The fraction of sp³-hybridized carbons (Fsp3) is 0.571. The number of benzene rings is 1. The Labute approximate surface area is 112 Å². The summed E-state index contributed by atoms with van der Waals surface area (Å²) in [4.78, 5) is 0. The van der Waals surface area contributed by atoms with Crippen LogP contribution in [0.25, 0.3) is 0 Å².